The Morgan fingerprint density at radius 3 is 2.74 bits per heavy atom. The van der Waals surface area contributed by atoms with Crippen LogP contribution in [-0.4, -0.2) is 20.6 Å². The highest BCUT2D eigenvalue weighted by atomic mass is 79.9. The number of pyridine rings is 1. The molecule has 2 aromatic carbocycles. The maximum absolute atomic E-state index is 13.2. The van der Waals surface area contributed by atoms with Gasteiger partial charge in [-0.2, -0.15) is 0 Å². The second kappa shape index (κ2) is 6.06. The Kier molecular flexibility index (Phi) is 3.65. The maximum Gasteiger partial charge on any atom is 0.333 e. The van der Waals surface area contributed by atoms with Crippen molar-refractivity contribution < 1.29 is 4.74 Å². The van der Waals surface area contributed by atoms with Crippen LogP contribution in [0.5, 0.6) is 5.75 Å². The average molecular weight is 424 g/mol. The predicted octanol–water partition coefficient (Wildman–Crippen LogP) is 3.53. The molecule has 0 saturated heterocycles. The number of benzene rings is 2. The Morgan fingerprint density at radius 1 is 1.11 bits per heavy atom. The zero-order valence-electron chi connectivity index (χ0n) is 14.1. The lowest BCUT2D eigenvalue weighted by molar-refractivity contribution is 0.301. The Labute approximate surface area is 161 Å². The lowest BCUT2D eigenvalue weighted by Crippen LogP contribution is -2.33. The van der Waals surface area contributed by atoms with E-state index in [2.05, 4.69) is 25.9 Å². The van der Waals surface area contributed by atoms with Crippen molar-refractivity contribution in [3.05, 3.63) is 74.1 Å². The first-order valence-corrected chi connectivity index (χ1v) is 9.39. The van der Waals surface area contributed by atoms with E-state index in [-0.39, 0.29) is 6.10 Å². The van der Waals surface area contributed by atoms with E-state index in [4.69, 9.17) is 4.74 Å². The minimum Gasteiger partial charge on any atom is -0.489 e. The molecule has 1 aliphatic carbocycles. The highest BCUT2D eigenvalue weighted by molar-refractivity contribution is 9.10. The van der Waals surface area contributed by atoms with Crippen LogP contribution in [0, 0.1) is 0 Å². The summed E-state index contributed by atoms with van der Waals surface area (Å²) in [5, 5.41) is 2.03. The molecule has 2 aromatic heterocycles. The smallest absolute Gasteiger partial charge is 0.333 e. The molecule has 0 amide bonds. The quantitative estimate of drug-likeness (QED) is 0.546. The fraction of sp³-hybridized carbons (Fsp3) is 0.150. The molecule has 7 heteroatoms. The first-order valence-electron chi connectivity index (χ1n) is 8.60. The zero-order valence-corrected chi connectivity index (χ0v) is 15.7. The fourth-order valence-electron chi connectivity index (χ4n) is 3.17. The van der Waals surface area contributed by atoms with E-state index >= 15 is 0 Å². The SMILES string of the molecule is O=c1[nH]c2cc(Br)c(OC3CC3)cc2c(=O)n1-c1cncc2ccccc12. The average Bonchev–Trinajstić information content (AvgIpc) is 3.47. The molecule has 0 unspecified atom stereocenters. The van der Waals surface area contributed by atoms with Crippen LogP contribution in [0.2, 0.25) is 0 Å². The van der Waals surface area contributed by atoms with Gasteiger partial charge in [0, 0.05) is 17.0 Å². The van der Waals surface area contributed by atoms with Crippen LogP contribution < -0.4 is 16.0 Å². The number of hydrogen-bond donors (Lipinski definition) is 1. The Morgan fingerprint density at radius 2 is 1.93 bits per heavy atom. The largest absolute Gasteiger partial charge is 0.489 e. The Balaban J connectivity index is 1.80. The molecule has 6 nitrogen and oxygen atoms in total. The molecule has 0 spiro atoms. The monoisotopic (exact) mass is 423 g/mol. The lowest BCUT2D eigenvalue weighted by Gasteiger charge is -2.11. The van der Waals surface area contributed by atoms with Crippen molar-refractivity contribution in [3.8, 4) is 11.4 Å². The highest BCUT2D eigenvalue weighted by Crippen LogP contribution is 2.34. The van der Waals surface area contributed by atoms with Crippen molar-refractivity contribution in [1.82, 2.24) is 14.5 Å². The highest BCUT2D eigenvalue weighted by Gasteiger charge is 2.25. The van der Waals surface area contributed by atoms with Gasteiger partial charge in [-0.1, -0.05) is 24.3 Å². The van der Waals surface area contributed by atoms with Crippen LogP contribution in [-0.2, 0) is 0 Å². The van der Waals surface area contributed by atoms with E-state index in [0.717, 1.165) is 28.2 Å². The summed E-state index contributed by atoms with van der Waals surface area (Å²) < 4.78 is 7.71. The van der Waals surface area contributed by atoms with Gasteiger partial charge in [0.1, 0.15) is 5.75 Å². The van der Waals surface area contributed by atoms with Gasteiger partial charge in [-0.05, 0) is 40.9 Å². The van der Waals surface area contributed by atoms with E-state index in [1.165, 1.54) is 6.20 Å². The van der Waals surface area contributed by atoms with E-state index in [1.807, 2.05) is 24.3 Å². The normalized spacial score (nSPS) is 14.0. The molecule has 1 aliphatic rings. The van der Waals surface area contributed by atoms with Gasteiger partial charge in [0.15, 0.2) is 0 Å². The van der Waals surface area contributed by atoms with Gasteiger partial charge in [-0.15, -0.1) is 0 Å². The minimum absolute atomic E-state index is 0.200. The molecule has 0 aliphatic heterocycles. The summed E-state index contributed by atoms with van der Waals surface area (Å²) in [5.41, 5.74) is 0.00626. The van der Waals surface area contributed by atoms with Crippen molar-refractivity contribution in [2.45, 2.75) is 18.9 Å². The van der Waals surface area contributed by atoms with Gasteiger partial charge in [0.25, 0.3) is 5.56 Å². The molecule has 0 atom stereocenters. The maximum atomic E-state index is 13.2. The van der Waals surface area contributed by atoms with Crippen LogP contribution in [0.15, 0.2) is 62.9 Å². The molecule has 0 radical (unpaired) electrons. The van der Waals surface area contributed by atoms with Crippen LogP contribution in [0.3, 0.4) is 0 Å². The number of rotatable bonds is 3. The van der Waals surface area contributed by atoms with Crippen molar-refractivity contribution in [2.75, 3.05) is 0 Å². The first-order chi connectivity index (χ1) is 13.1. The molecule has 1 fully saturated rings. The number of hydrogen-bond acceptors (Lipinski definition) is 4. The number of fused-ring (bicyclic) bond motifs is 2. The van der Waals surface area contributed by atoms with Crippen molar-refractivity contribution in [1.29, 1.82) is 0 Å². The van der Waals surface area contributed by atoms with E-state index < -0.39 is 11.2 Å². The number of aromatic nitrogens is 3. The number of aromatic amines is 1. The molecular weight excluding hydrogens is 410 g/mol. The lowest BCUT2D eigenvalue weighted by atomic mass is 10.1. The van der Waals surface area contributed by atoms with E-state index in [0.29, 0.717) is 26.8 Å². The number of ether oxygens (including phenoxy) is 1. The van der Waals surface area contributed by atoms with Crippen LogP contribution in [0.25, 0.3) is 27.4 Å². The third-order valence-electron chi connectivity index (χ3n) is 4.66. The molecule has 2 heterocycles. The summed E-state index contributed by atoms with van der Waals surface area (Å²) in [6.07, 6.45) is 5.47. The number of nitrogens with one attached hydrogen (secondary N) is 1. The summed E-state index contributed by atoms with van der Waals surface area (Å²) in [7, 11) is 0. The molecular formula is C20H14BrN3O3. The number of halogens is 1. The van der Waals surface area contributed by atoms with Gasteiger partial charge < -0.3 is 9.72 Å². The second-order valence-corrected chi connectivity index (χ2v) is 7.45. The third kappa shape index (κ3) is 2.75. The van der Waals surface area contributed by atoms with Crippen LogP contribution in [0.4, 0.5) is 0 Å². The summed E-state index contributed by atoms with van der Waals surface area (Å²) in [4.78, 5) is 32.9. The topological polar surface area (TPSA) is 77.0 Å². The molecule has 5 rings (SSSR count). The number of nitrogens with zero attached hydrogens (tertiary/aromatic N) is 2. The Bertz CT molecular complexity index is 1320. The molecule has 134 valence electrons. The van der Waals surface area contributed by atoms with Gasteiger partial charge >= 0.3 is 5.69 Å². The summed E-state index contributed by atoms with van der Waals surface area (Å²) in [5.74, 6) is 0.608. The molecule has 27 heavy (non-hydrogen) atoms. The standard InChI is InChI=1S/C20H14BrN3O3/c21-15-8-16-14(7-18(15)27-12-5-6-12)19(25)24(20(26)23-16)17-10-22-9-11-3-1-2-4-13(11)17/h1-4,7-10,12H,5-6H2,(H,23,26). The summed E-state index contributed by atoms with van der Waals surface area (Å²) >= 11 is 3.45. The van der Waals surface area contributed by atoms with Crippen molar-refractivity contribution in [2.24, 2.45) is 0 Å². The zero-order chi connectivity index (χ0) is 18.5. The molecule has 4 aromatic rings. The summed E-state index contributed by atoms with van der Waals surface area (Å²) in [6, 6.07) is 10.9. The van der Waals surface area contributed by atoms with E-state index in [1.54, 1.807) is 18.3 Å². The third-order valence-corrected chi connectivity index (χ3v) is 5.28. The minimum atomic E-state index is -0.506. The van der Waals surface area contributed by atoms with Crippen molar-refractivity contribution in [3.63, 3.8) is 0 Å². The molecule has 1 N–H and O–H groups in total. The second-order valence-electron chi connectivity index (χ2n) is 6.60. The number of H-pyrrole nitrogens is 1. The van der Waals surface area contributed by atoms with Gasteiger partial charge in [0.05, 0.1) is 33.4 Å². The van der Waals surface area contributed by atoms with Crippen LogP contribution in [0.1, 0.15) is 12.8 Å². The Hall–Kier alpha value is -2.93. The molecule has 1 saturated carbocycles. The van der Waals surface area contributed by atoms with Gasteiger partial charge in [-0.3, -0.25) is 9.78 Å². The van der Waals surface area contributed by atoms with Gasteiger partial charge in [0.2, 0.25) is 0 Å². The van der Waals surface area contributed by atoms with Crippen LogP contribution >= 0.6 is 15.9 Å². The molecule has 0 bridgehead atoms. The van der Waals surface area contributed by atoms with E-state index in [9.17, 15) is 9.59 Å². The van der Waals surface area contributed by atoms with Gasteiger partial charge in [-0.25, -0.2) is 9.36 Å². The van der Waals surface area contributed by atoms with Crippen molar-refractivity contribution >= 4 is 37.6 Å². The fourth-order valence-corrected chi connectivity index (χ4v) is 3.61. The first kappa shape index (κ1) is 16.3. The summed E-state index contributed by atoms with van der Waals surface area (Å²) in [6.45, 7) is 0. The predicted molar refractivity (Wildman–Crippen MR) is 107 cm³/mol.